The highest BCUT2D eigenvalue weighted by Crippen LogP contribution is 2.47. The van der Waals surface area contributed by atoms with Gasteiger partial charge in [0.15, 0.2) is 0 Å². The monoisotopic (exact) mass is 309 g/mol. The summed E-state index contributed by atoms with van der Waals surface area (Å²) >= 11 is 0. The molecular weight excluding hydrogens is 290 g/mol. The molecule has 4 rings (SSSR count). The molecule has 1 saturated heterocycles. The van der Waals surface area contributed by atoms with E-state index in [0.717, 1.165) is 22.0 Å². The van der Waals surface area contributed by atoms with Crippen molar-refractivity contribution >= 4 is 10.9 Å². The van der Waals surface area contributed by atoms with E-state index in [1.807, 2.05) is 60.8 Å². The van der Waals surface area contributed by atoms with E-state index in [-0.39, 0.29) is 6.61 Å². The van der Waals surface area contributed by atoms with Crippen LogP contribution in [-0.2, 0) is 10.3 Å². The summed E-state index contributed by atoms with van der Waals surface area (Å²) in [6.45, 7) is -0.196. The third-order valence-electron chi connectivity index (χ3n) is 4.72. The summed E-state index contributed by atoms with van der Waals surface area (Å²) in [6, 6.07) is 18.0. The molecule has 1 aromatic heterocycles. The average molecular weight is 309 g/mol. The van der Waals surface area contributed by atoms with Crippen LogP contribution in [-0.4, -0.2) is 34.0 Å². The van der Waals surface area contributed by atoms with Gasteiger partial charge in [-0.2, -0.15) is 0 Å². The molecular formula is C19H19NO3. The lowest BCUT2D eigenvalue weighted by molar-refractivity contribution is -0.0560. The van der Waals surface area contributed by atoms with E-state index in [2.05, 4.69) is 4.98 Å². The van der Waals surface area contributed by atoms with Crippen LogP contribution in [0.4, 0.5) is 0 Å². The quantitative estimate of drug-likeness (QED) is 0.696. The molecule has 118 valence electrons. The van der Waals surface area contributed by atoms with E-state index in [0.29, 0.717) is 6.42 Å². The number of rotatable bonds is 3. The number of fused-ring (bicyclic) bond motifs is 1. The maximum atomic E-state index is 10.4. The van der Waals surface area contributed by atoms with Gasteiger partial charge in [0.1, 0.15) is 11.7 Å². The van der Waals surface area contributed by atoms with Crippen molar-refractivity contribution in [2.75, 3.05) is 6.61 Å². The molecule has 0 aliphatic carbocycles. The highest BCUT2D eigenvalue weighted by Gasteiger charge is 2.49. The van der Waals surface area contributed by atoms with Crippen LogP contribution < -0.4 is 0 Å². The molecule has 1 fully saturated rings. The smallest absolute Gasteiger partial charge is 0.123 e. The molecule has 2 aromatic carbocycles. The standard InChI is InChI=1S/C19H19NO3/c21-12-18-17(22)10-19(23-18,13-6-2-1-3-7-13)15-11-20-16-9-5-4-8-14(15)16/h1-9,11,17-18,20-22H,10,12H2/t17-,18+,19?/m0/s1. The number of nitrogens with one attached hydrogen (secondary N) is 1. The molecule has 4 nitrogen and oxygen atoms in total. The second kappa shape index (κ2) is 5.49. The van der Waals surface area contributed by atoms with E-state index in [1.165, 1.54) is 0 Å². The first-order chi connectivity index (χ1) is 11.2. The zero-order chi connectivity index (χ0) is 15.9. The topological polar surface area (TPSA) is 65.5 Å². The van der Waals surface area contributed by atoms with Crippen LogP contribution in [0.2, 0.25) is 0 Å². The highest BCUT2D eigenvalue weighted by molar-refractivity contribution is 5.84. The SMILES string of the molecule is OC[C@H]1OC(c2ccccc2)(c2c[nH]c3ccccc23)C[C@@H]1O. The van der Waals surface area contributed by atoms with Gasteiger partial charge < -0.3 is 19.9 Å². The maximum absolute atomic E-state index is 10.4. The number of aliphatic hydroxyl groups excluding tert-OH is 2. The maximum Gasteiger partial charge on any atom is 0.123 e. The fourth-order valence-electron chi connectivity index (χ4n) is 3.60. The summed E-state index contributed by atoms with van der Waals surface area (Å²) in [5.74, 6) is 0. The minimum absolute atomic E-state index is 0.196. The largest absolute Gasteiger partial charge is 0.394 e. The summed E-state index contributed by atoms with van der Waals surface area (Å²) in [6.07, 6.45) is 1.09. The van der Waals surface area contributed by atoms with Crippen LogP contribution in [0.3, 0.4) is 0 Å². The molecule has 3 aromatic rings. The molecule has 0 spiro atoms. The van der Waals surface area contributed by atoms with Crippen molar-refractivity contribution in [2.24, 2.45) is 0 Å². The summed E-state index contributed by atoms with van der Waals surface area (Å²) in [4.78, 5) is 3.28. The zero-order valence-corrected chi connectivity index (χ0v) is 12.6. The van der Waals surface area contributed by atoms with Gasteiger partial charge in [0.2, 0.25) is 0 Å². The van der Waals surface area contributed by atoms with E-state index >= 15 is 0 Å². The number of benzene rings is 2. The van der Waals surface area contributed by atoms with Crippen molar-refractivity contribution in [3.63, 3.8) is 0 Å². The highest BCUT2D eigenvalue weighted by atomic mass is 16.5. The molecule has 2 heterocycles. The molecule has 0 radical (unpaired) electrons. The minimum atomic E-state index is -0.756. The predicted octanol–water partition coefficient (Wildman–Crippen LogP) is 2.55. The lowest BCUT2D eigenvalue weighted by Crippen LogP contribution is -2.29. The van der Waals surface area contributed by atoms with Gasteiger partial charge in [-0.3, -0.25) is 0 Å². The second-order valence-corrected chi connectivity index (χ2v) is 6.05. The zero-order valence-electron chi connectivity index (χ0n) is 12.6. The van der Waals surface area contributed by atoms with Gasteiger partial charge in [0.05, 0.1) is 12.7 Å². The summed E-state index contributed by atoms with van der Waals surface area (Å²) in [5.41, 5.74) is 2.26. The molecule has 3 N–H and O–H groups in total. The minimum Gasteiger partial charge on any atom is -0.394 e. The molecule has 0 amide bonds. The van der Waals surface area contributed by atoms with Crippen LogP contribution in [0.1, 0.15) is 17.5 Å². The number of para-hydroxylation sites is 1. The Labute approximate surface area is 134 Å². The summed E-state index contributed by atoms with van der Waals surface area (Å²) in [5, 5.41) is 21.0. The average Bonchev–Trinajstić information content (AvgIpc) is 3.17. The Morgan fingerprint density at radius 3 is 2.57 bits per heavy atom. The van der Waals surface area contributed by atoms with Crippen LogP contribution in [0, 0.1) is 0 Å². The van der Waals surface area contributed by atoms with Crippen LogP contribution >= 0.6 is 0 Å². The number of hydrogen-bond donors (Lipinski definition) is 3. The normalized spacial score (nSPS) is 27.6. The van der Waals surface area contributed by atoms with Crippen LogP contribution in [0.25, 0.3) is 10.9 Å². The summed E-state index contributed by atoms with van der Waals surface area (Å²) < 4.78 is 6.23. The van der Waals surface area contributed by atoms with Crippen LogP contribution in [0.5, 0.6) is 0 Å². The first-order valence-corrected chi connectivity index (χ1v) is 7.83. The van der Waals surface area contributed by atoms with Crippen molar-refractivity contribution in [3.05, 3.63) is 71.9 Å². The van der Waals surface area contributed by atoms with Crippen LogP contribution in [0.15, 0.2) is 60.8 Å². The summed E-state index contributed by atoms with van der Waals surface area (Å²) in [7, 11) is 0. The number of ether oxygens (including phenoxy) is 1. The molecule has 1 unspecified atom stereocenters. The number of hydrogen-bond acceptors (Lipinski definition) is 3. The van der Waals surface area contributed by atoms with Gasteiger partial charge in [-0.1, -0.05) is 48.5 Å². The third-order valence-corrected chi connectivity index (χ3v) is 4.72. The number of aromatic nitrogens is 1. The van der Waals surface area contributed by atoms with Crippen molar-refractivity contribution in [1.82, 2.24) is 4.98 Å². The Morgan fingerprint density at radius 1 is 1.09 bits per heavy atom. The third kappa shape index (κ3) is 2.18. The predicted molar refractivity (Wildman–Crippen MR) is 88.1 cm³/mol. The Balaban J connectivity index is 1.94. The van der Waals surface area contributed by atoms with Gasteiger partial charge in [0.25, 0.3) is 0 Å². The van der Waals surface area contributed by atoms with E-state index in [4.69, 9.17) is 4.74 Å². The molecule has 1 aliphatic heterocycles. The lowest BCUT2D eigenvalue weighted by Gasteiger charge is -2.29. The van der Waals surface area contributed by atoms with Crippen molar-refractivity contribution in [1.29, 1.82) is 0 Å². The fourth-order valence-corrected chi connectivity index (χ4v) is 3.60. The van der Waals surface area contributed by atoms with E-state index < -0.39 is 17.8 Å². The van der Waals surface area contributed by atoms with Crippen molar-refractivity contribution < 1.29 is 14.9 Å². The molecule has 1 aliphatic rings. The lowest BCUT2D eigenvalue weighted by atomic mass is 9.83. The number of H-pyrrole nitrogens is 1. The van der Waals surface area contributed by atoms with Gasteiger partial charge >= 0.3 is 0 Å². The Hall–Kier alpha value is -2.14. The number of aromatic amines is 1. The number of aliphatic hydroxyl groups is 2. The molecule has 23 heavy (non-hydrogen) atoms. The van der Waals surface area contributed by atoms with Gasteiger partial charge in [-0.15, -0.1) is 0 Å². The van der Waals surface area contributed by atoms with E-state index in [1.54, 1.807) is 0 Å². The first-order valence-electron chi connectivity index (χ1n) is 7.83. The molecule has 0 bridgehead atoms. The Morgan fingerprint density at radius 2 is 1.83 bits per heavy atom. The molecule has 4 heteroatoms. The fraction of sp³-hybridized carbons (Fsp3) is 0.263. The second-order valence-electron chi connectivity index (χ2n) is 6.05. The Kier molecular flexibility index (Phi) is 3.45. The Bertz CT molecular complexity index is 814. The molecule has 3 atom stereocenters. The van der Waals surface area contributed by atoms with Gasteiger partial charge in [0, 0.05) is 29.1 Å². The van der Waals surface area contributed by atoms with E-state index in [9.17, 15) is 10.2 Å². The van der Waals surface area contributed by atoms with Gasteiger partial charge in [-0.25, -0.2) is 0 Å². The van der Waals surface area contributed by atoms with Gasteiger partial charge in [-0.05, 0) is 11.6 Å². The molecule has 0 saturated carbocycles. The van der Waals surface area contributed by atoms with Crippen molar-refractivity contribution in [3.8, 4) is 0 Å². The van der Waals surface area contributed by atoms with Crippen molar-refractivity contribution in [2.45, 2.75) is 24.2 Å². The first kappa shape index (κ1) is 14.5.